The van der Waals surface area contributed by atoms with Crippen LogP contribution in [0.5, 0.6) is 46.0 Å². The number of aliphatic hydroxyl groups excluding tert-OH is 1. The Morgan fingerprint density at radius 3 is 1.21 bits per heavy atom. The zero-order valence-electron chi connectivity index (χ0n) is 78.8. The Kier molecular flexibility index (Phi) is 35.8. The van der Waals surface area contributed by atoms with Crippen LogP contribution in [-0.2, 0) is 16.2 Å². The van der Waals surface area contributed by atoms with Crippen molar-refractivity contribution in [2.75, 3.05) is 54.7 Å². The smallest absolute Gasteiger partial charge is 0.281 e. The number of aryl methyl sites for hydroxylation is 1. The Bertz CT molecular complexity index is 7140. The van der Waals surface area contributed by atoms with Gasteiger partial charge >= 0.3 is 0 Å². The van der Waals surface area contributed by atoms with Crippen LogP contribution in [0.4, 0.5) is 39.5 Å². The lowest BCUT2D eigenvalue weighted by Crippen LogP contribution is -2.29. The van der Waals surface area contributed by atoms with Crippen LogP contribution in [0, 0.1) is 59.3 Å². The average Bonchev–Trinajstić information content (AvgIpc) is 1.62. The summed E-state index contributed by atoms with van der Waals surface area (Å²) in [6.45, 7) is 10.3. The molecule has 0 bridgehead atoms. The highest BCUT2D eigenvalue weighted by Crippen LogP contribution is 2.53. The monoisotopic (exact) mass is 2070 g/mol. The number of hydrogen-bond acceptors (Lipinski definition) is 23. The lowest BCUT2D eigenvalue weighted by Gasteiger charge is -2.24. The van der Waals surface area contributed by atoms with Crippen LogP contribution >= 0.6 is 47.0 Å². The van der Waals surface area contributed by atoms with Crippen molar-refractivity contribution in [2.24, 2.45) is 20.4 Å². The number of aliphatic hydroxyl groups is 1. The summed E-state index contributed by atoms with van der Waals surface area (Å²) in [7, 11) is 5.89. The van der Waals surface area contributed by atoms with Crippen LogP contribution in [0.1, 0.15) is 151 Å². The van der Waals surface area contributed by atoms with Crippen molar-refractivity contribution >= 4 is 108 Å². The third-order valence-electron chi connectivity index (χ3n) is 22.0. The molecule has 750 valence electrons. The quantitative estimate of drug-likeness (QED) is 0.0240. The molecule has 0 aliphatic carbocycles. The number of halogens is 9. The molecule has 4 atom stereocenters. The van der Waals surface area contributed by atoms with Gasteiger partial charge in [0.2, 0.25) is 0 Å². The maximum absolute atomic E-state index is 14.3. The van der Waals surface area contributed by atoms with E-state index in [0.717, 1.165) is 58.9 Å². The normalized spacial score (nSPS) is 14.9. The Morgan fingerprint density at radius 2 is 0.753 bits per heavy atom. The highest BCUT2D eigenvalue weighted by Gasteiger charge is 2.44. The number of aromatic hydroxyl groups is 1. The van der Waals surface area contributed by atoms with Gasteiger partial charge in [-0.2, -0.15) is 20.4 Å². The minimum atomic E-state index is -1.40. The largest absolute Gasteiger partial charge is 0.508 e. The number of carbonyl (C=O) groups is 6. The van der Waals surface area contributed by atoms with Crippen LogP contribution in [0.15, 0.2) is 306 Å². The van der Waals surface area contributed by atoms with Crippen LogP contribution < -0.4 is 43.8 Å². The van der Waals surface area contributed by atoms with E-state index in [4.69, 9.17) is 33.2 Å². The van der Waals surface area contributed by atoms with E-state index in [2.05, 4.69) is 37.6 Å². The minimum Gasteiger partial charge on any atom is -0.508 e. The van der Waals surface area contributed by atoms with Crippen LogP contribution in [0.3, 0.4) is 0 Å². The number of thioether (sulfide) groups is 4. The second-order valence-electron chi connectivity index (χ2n) is 31.9. The van der Waals surface area contributed by atoms with E-state index in [1.54, 1.807) is 140 Å². The van der Waals surface area contributed by atoms with Gasteiger partial charge in [-0.25, -0.2) is 59.5 Å². The number of hydrogen-bond donors (Lipinski definition) is 4. The molecule has 4 heterocycles. The maximum atomic E-state index is 14.3. The van der Waals surface area contributed by atoms with Crippen molar-refractivity contribution < 1.29 is 112 Å². The Balaban J connectivity index is 0.000000154. The van der Waals surface area contributed by atoms with Gasteiger partial charge in [0.15, 0.2) is 59.3 Å². The van der Waals surface area contributed by atoms with E-state index >= 15 is 0 Å². The first-order valence-corrected chi connectivity index (χ1v) is 48.4. The third kappa shape index (κ3) is 25.4. The summed E-state index contributed by atoms with van der Waals surface area (Å²) >= 11 is 4.88. The number of nitrogens with one attached hydrogen (secondary N) is 2. The van der Waals surface area contributed by atoms with Crippen molar-refractivity contribution in [3.63, 3.8) is 0 Å². The fraction of sp³-hybridized carbons (Fsp3) is 0.167. The maximum Gasteiger partial charge on any atom is 0.281 e. The molecule has 13 aromatic rings. The van der Waals surface area contributed by atoms with Crippen LogP contribution in [-0.4, -0.2) is 141 Å². The summed E-state index contributed by atoms with van der Waals surface area (Å²) in [5.74, 6) is -8.40. The van der Waals surface area contributed by atoms with Gasteiger partial charge in [-0.05, 0) is 189 Å². The minimum absolute atomic E-state index is 0.0362. The zero-order valence-corrected chi connectivity index (χ0v) is 82.1. The summed E-state index contributed by atoms with van der Waals surface area (Å²) in [6.07, 6.45) is 1.62. The van der Waals surface area contributed by atoms with Crippen LogP contribution in [0.2, 0.25) is 0 Å². The van der Waals surface area contributed by atoms with Crippen molar-refractivity contribution in [3.8, 4) is 46.0 Å². The van der Waals surface area contributed by atoms with E-state index in [1.165, 1.54) is 152 Å². The standard InChI is InChI=1S/C31H25FN2O5S.C28H28FN3O4S.C27H25F2N3O4S.C22H13F5N2O2S/c1-19(35)22-8-5-7-20(17-22)18-39-27-12-6-10-25(28(27)38-2)31-34(30(37)24-9-3-4-11-26(24)36)33-29(40-31)21-13-15-23(32)16-14-21;1-4-16-30-24(33)17-36-23-11-7-10-22(25(23)35-3)28-32(27(34)21-9-6-5-8-18(21)2)31-26(37-28)19-12-14-20(29)15-13-19;1-3-14-30-23(33)16-36-22-9-5-8-21(24(22)35-2)27-32(26(34)18-6-4-7-20(29)15-18)31-25(37-27)17-10-12-19(28)13-11-17;1-31-18-5-3-2-4-13(18)22-29(21(30)19-16(26)9-12(23)10-17(19)27)28-20(32-22)11-6-7-14(24)15(25)8-11/h3-17,31,35-36H,1,18H2,2H3;5-15,28H,4,16-17H2,1-3H3,(H,30,33);4-13,15,27H,3,14,16H2,1-2H3,(H,30,33);2-10,22H,1H3. The molecule has 0 saturated carbocycles. The van der Waals surface area contributed by atoms with E-state index in [1.807, 2.05) is 57.2 Å². The molecule has 17 rings (SSSR count). The summed E-state index contributed by atoms with van der Waals surface area (Å²) in [5.41, 5.74) is 6.34. The number of phenols is 1. The van der Waals surface area contributed by atoms with Crippen molar-refractivity contribution in [1.29, 1.82) is 0 Å². The fourth-order valence-electron chi connectivity index (χ4n) is 14.9. The number of carbonyl (C=O) groups excluding carboxylic acids is 6. The first-order valence-electron chi connectivity index (χ1n) is 44.8. The molecular formula is C108H91F9N10O15S4. The molecule has 4 aliphatic heterocycles. The number of methoxy groups -OCH3 is 4. The van der Waals surface area contributed by atoms with Crippen molar-refractivity contribution in [1.82, 2.24) is 30.7 Å². The molecule has 0 aromatic heterocycles. The molecule has 0 spiro atoms. The van der Waals surface area contributed by atoms with Crippen molar-refractivity contribution in [2.45, 2.75) is 61.7 Å². The van der Waals surface area contributed by atoms with Gasteiger partial charge in [-0.15, -0.1) is 0 Å². The average molecular weight is 2070 g/mol. The van der Waals surface area contributed by atoms with Gasteiger partial charge < -0.3 is 54.0 Å². The number of nitrogens with zero attached hydrogens (tertiary/aromatic N) is 8. The van der Waals surface area contributed by atoms with Crippen molar-refractivity contribution in [3.05, 3.63) is 421 Å². The number of phenolic OH excluding ortho intramolecular Hbond substituents is 1. The van der Waals surface area contributed by atoms with Gasteiger partial charge in [0.05, 0.1) is 34.0 Å². The molecule has 13 aromatic carbocycles. The van der Waals surface area contributed by atoms with Crippen LogP contribution in [0.25, 0.3) is 5.76 Å². The summed E-state index contributed by atoms with van der Waals surface area (Å²) in [5, 5.41) is 47.0. The topological polar surface area (TPSA) is 294 Å². The number of amides is 6. The SMILES string of the molecule is C=C(O)c1cccc(COc2cccc(C3SC(c4ccc(F)cc4)=NN3C(=O)c3ccccc3O)c2OC)c1.CCCNC(=O)COc1cccc(C2SC(c3ccc(F)cc3)=NN2C(=O)c2cccc(F)c2)c1OC.CCCNC(=O)COc1cccc(C2SC(c3ccc(F)cc3)=NN2C(=O)c2ccccc2C)c1OC.COc1ccccc1C1SC(c2ccc(F)c(F)c2)=NN1C(=O)c1c(F)cc(F)cc1F. The molecule has 146 heavy (non-hydrogen) atoms. The second-order valence-corrected chi connectivity index (χ2v) is 36.2. The van der Waals surface area contributed by atoms with E-state index in [9.17, 15) is 78.5 Å². The number of para-hydroxylation sites is 5. The van der Waals surface area contributed by atoms with Gasteiger partial charge in [0, 0.05) is 86.4 Å². The number of ether oxygens (including phenoxy) is 7. The van der Waals surface area contributed by atoms with E-state index < -0.39 is 85.5 Å². The molecule has 6 amide bonds. The fourth-order valence-corrected chi connectivity index (χ4v) is 19.6. The lowest BCUT2D eigenvalue weighted by atomic mass is 10.1. The predicted octanol–water partition coefficient (Wildman–Crippen LogP) is 23.0. The van der Waals surface area contributed by atoms with Gasteiger partial charge in [0.25, 0.3) is 35.4 Å². The van der Waals surface area contributed by atoms with E-state index in [0.29, 0.717) is 131 Å². The molecule has 4 aliphatic rings. The third-order valence-corrected chi connectivity index (χ3v) is 26.9. The Labute approximate surface area is 849 Å². The van der Waals surface area contributed by atoms with Gasteiger partial charge in [0.1, 0.15) is 112 Å². The highest BCUT2D eigenvalue weighted by molar-refractivity contribution is 8.15. The van der Waals surface area contributed by atoms with E-state index in [-0.39, 0.29) is 82.4 Å². The van der Waals surface area contributed by atoms with Gasteiger partial charge in [-0.1, -0.05) is 177 Å². The molecule has 0 saturated heterocycles. The Morgan fingerprint density at radius 1 is 0.363 bits per heavy atom. The lowest BCUT2D eigenvalue weighted by molar-refractivity contribution is -0.123. The molecule has 0 fully saturated rings. The van der Waals surface area contributed by atoms with Gasteiger partial charge in [-0.3, -0.25) is 28.8 Å². The number of rotatable bonds is 30. The summed E-state index contributed by atoms with van der Waals surface area (Å²) in [4.78, 5) is 78.1. The first-order chi connectivity index (χ1) is 70.5. The highest BCUT2D eigenvalue weighted by atomic mass is 32.2. The molecule has 25 nitrogen and oxygen atoms in total. The summed E-state index contributed by atoms with van der Waals surface area (Å²) < 4.78 is 164. The number of hydrazone groups is 4. The molecule has 4 N–H and O–H groups in total. The summed E-state index contributed by atoms with van der Waals surface area (Å²) in [6, 6.07) is 69.9. The predicted molar refractivity (Wildman–Crippen MR) is 542 cm³/mol. The zero-order chi connectivity index (χ0) is 104. The second kappa shape index (κ2) is 49.4. The molecular weight excluding hydrogens is 1980 g/mol. The Hall–Kier alpha value is -15.9. The molecule has 4 unspecified atom stereocenters. The first kappa shape index (κ1) is 106. The molecule has 0 radical (unpaired) electrons. The molecule has 38 heteroatoms. The number of benzene rings is 13.